The molecule has 0 aromatic heterocycles. The van der Waals surface area contributed by atoms with E-state index in [0.29, 0.717) is 39.9 Å². The van der Waals surface area contributed by atoms with Crippen LogP contribution in [-0.2, 0) is 19.2 Å². The first-order valence-electron chi connectivity index (χ1n) is 21.0. The van der Waals surface area contributed by atoms with E-state index in [1.165, 1.54) is 15.9 Å². The zero-order chi connectivity index (χ0) is 44.8. The fraction of sp³-hybridized carbons (Fsp3) is 0.231. The molecular formula is C52H45FN2O9. The second kappa shape index (κ2) is 17.0. The van der Waals surface area contributed by atoms with Gasteiger partial charge in [0.25, 0.3) is 0 Å². The van der Waals surface area contributed by atoms with E-state index >= 15 is 4.39 Å². The van der Waals surface area contributed by atoms with E-state index in [-0.39, 0.29) is 24.3 Å². The summed E-state index contributed by atoms with van der Waals surface area (Å²) in [7, 11) is 6.35. The van der Waals surface area contributed by atoms with E-state index in [4.69, 9.17) is 18.9 Å². The van der Waals surface area contributed by atoms with Gasteiger partial charge in [0.15, 0.2) is 11.6 Å². The summed E-state index contributed by atoms with van der Waals surface area (Å²) in [6, 6.07) is 29.2. The van der Waals surface area contributed by atoms with Gasteiger partial charge in [-0.25, -0.2) is 4.39 Å². The number of rotatable bonds is 11. The number of benzene rings is 5. The quantitative estimate of drug-likeness (QED) is 0.0786. The van der Waals surface area contributed by atoms with Gasteiger partial charge in [0.2, 0.25) is 23.6 Å². The van der Waals surface area contributed by atoms with Gasteiger partial charge in [-0.1, -0.05) is 72.4 Å². The van der Waals surface area contributed by atoms with Crippen LogP contribution in [-0.4, -0.2) is 57.2 Å². The maximum absolute atomic E-state index is 15.1. The van der Waals surface area contributed by atoms with Crippen molar-refractivity contribution in [2.24, 2.45) is 29.6 Å². The Morgan fingerprint density at radius 3 is 1.61 bits per heavy atom. The van der Waals surface area contributed by atoms with Gasteiger partial charge >= 0.3 is 0 Å². The minimum Gasteiger partial charge on any atom is -0.505 e. The summed E-state index contributed by atoms with van der Waals surface area (Å²) >= 11 is 0. The van der Waals surface area contributed by atoms with Crippen LogP contribution in [0.15, 0.2) is 115 Å². The van der Waals surface area contributed by atoms with Gasteiger partial charge in [0.1, 0.15) is 23.0 Å². The monoisotopic (exact) mass is 860 g/mol. The third kappa shape index (κ3) is 7.18. The molecule has 0 radical (unpaired) electrons. The van der Waals surface area contributed by atoms with Crippen molar-refractivity contribution < 1.29 is 47.6 Å². The summed E-state index contributed by atoms with van der Waals surface area (Å²) in [5, 5.41) is 11.2. The lowest BCUT2D eigenvalue weighted by molar-refractivity contribution is -0.126. The molecule has 0 spiro atoms. The topological polar surface area (TPSA) is 132 Å². The number of anilines is 2. The largest absolute Gasteiger partial charge is 0.505 e. The molecule has 64 heavy (non-hydrogen) atoms. The lowest BCUT2D eigenvalue weighted by Crippen LogP contribution is -2.43. The number of carbonyl (C=O) groups excluding carboxylic acids is 4. The van der Waals surface area contributed by atoms with E-state index in [0.717, 1.165) is 28.3 Å². The predicted octanol–water partition coefficient (Wildman–Crippen LogP) is 8.95. The molecule has 2 aliphatic carbocycles. The highest BCUT2D eigenvalue weighted by Gasteiger charge is 2.62. The van der Waals surface area contributed by atoms with Crippen LogP contribution in [0.3, 0.4) is 0 Å². The van der Waals surface area contributed by atoms with Crippen LogP contribution in [0.2, 0.25) is 0 Å². The summed E-state index contributed by atoms with van der Waals surface area (Å²) < 4.78 is 36.9. The number of fused-ring (bicyclic) bond motifs is 4. The maximum atomic E-state index is 15.1. The van der Waals surface area contributed by atoms with Gasteiger partial charge in [-0.3, -0.25) is 29.0 Å². The third-order valence-electron chi connectivity index (χ3n) is 13.1. The lowest BCUT2D eigenvalue weighted by atomic mass is 9.57. The zero-order valence-corrected chi connectivity index (χ0v) is 35.6. The van der Waals surface area contributed by atoms with Crippen molar-refractivity contribution in [3.63, 3.8) is 0 Å². The zero-order valence-electron chi connectivity index (χ0n) is 35.6. The van der Waals surface area contributed by atoms with Gasteiger partial charge in [-0.05, 0) is 96.6 Å². The summed E-state index contributed by atoms with van der Waals surface area (Å²) in [5.74, 6) is -5.49. The van der Waals surface area contributed by atoms with Gasteiger partial charge in [-0.2, -0.15) is 0 Å². The number of hydrogen-bond donors (Lipinski definition) is 1. The van der Waals surface area contributed by atoms with E-state index in [9.17, 15) is 24.3 Å². The van der Waals surface area contributed by atoms with Crippen molar-refractivity contribution >= 4 is 59.3 Å². The first-order valence-corrected chi connectivity index (χ1v) is 21.0. The van der Waals surface area contributed by atoms with Crippen LogP contribution in [0.25, 0.3) is 24.3 Å². The average molecular weight is 861 g/mol. The number of para-hydroxylation sites is 1. The Kier molecular flexibility index (Phi) is 11.1. The van der Waals surface area contributed by atoms with E-state index < -0.39 is 64.8 Å². The van der Waals surface area contributed by atoms with Crippen LogP contribution in [0, 0.1) is 35.4 Å². The van der Waals surface area contributed by atoms with Crippen molar-refractivity contribution in [2.45, 2.75) is 18.8 Å². The van der Waals surface area contributed by atoms with Crippen molar-refractivity contribution in [3.05, 3.63) is 148 Å². The number of aromatic hydroxyl groups is 1. The molecule has 6 unspecified atom stereocenters. The fourth-order valence-electron chi connectivity index (χ4n) is 10.0. The molecule has 2 saturated heterocycles. The molecule has 11 nitrogen and oxygen atoms in total. The first kappa shape index (κ1) is 41.9. The molecule has 2 aliphatic heterocycles. The molecule has 9 rings (SSSR count). The number of methoxy groups -OCH3 is 4. The number of phenolic OH excluding ortho intramolecular Hbond substituents is 1. The molecule has 2 heterocycles. The van der Waals surface area contributed by atoms with Gasteiger partial charge in [-0.15, -0.1) is 0 Å². The lowest BCUT2D eigenvalue weighted by Gasteiger charge is -2.44. The summed E-state index contributed by atoms with van der Waals surface area (Å²) in [4.78, 5) is 60.4. The molecule has 4 amide bonds. The van der Waals surface area contributed by atoms with Crippen LogP contribution < -0.4 is 28.7 Å². The van der Waals surface area contributed by atoms with Crippen LogP contribution in [0.4, 0.5) is 15.8 Å². The van der Waals surface area contributed by atoms with E-state index in [1.54, 1.807) is 77.0 Å². The SMILES string of the molecule is COc1ccc(OC)c(C=Cc2ccc(N3C(=O)C4CC=C5C(CC6C(=O)N(c7ccc(C=Cc8cc(OC)ccc8OC)cc7)C(=O)C6C5c5cccc(F)c5O)C4C3=O)cc2)c1. The highest BCUT2D eigenvalue weighted by Crippen LogP contribution is 2.59. The molecule has 5 aromatic rings. The number of allylic oxidation sites excluding steroid dienone is 2. The summed E-state index contributed by atoms with van der Waals surface area (Å²) in [6.45, 7) is 0. The third-order valence-corrected chi connectivity index (χ3v) is 13.1. The number of amides is 4. The van der Waals surface area contributed by atoms with Gasteiger partial charge in [0, 0.05) is 22.6 Å². The molecular weight excluding hydrogens is 816 g/mol. The van der Waals surface area contributed by atoms with E-state index in [2.05, 4.69) is 0 Å². The Morgan fingerprint density at radius 2 is 1.09 bits per heavy atom. The highest BCUT2D eigenvalue weighted by molar-refractivity contribution is 6.24. The Labute approximate surface area is 369 Å². The van der Waals surface area contributed by atoms with Crippen molar-refractivity contribution in [1.82, 2.24) is 0 Å². The summed E-state index contributed by atoms with van der Waals surface area (Å²) in [5.41, 5.74) is 4.79. The first-order chi connectivity index (χ1) is 31.0. The molecule has 0 bridgehead atoms. The smallest absolute Gasteiger partial charge is 0.238 e. The van der Waals surface area contributed by atoms with Crippen molar-refractivity contribution in [3.8, 4) is 28.7 Å². The molecule has 6 atom stereocenters. The molecule has 4 aliphatic rings. The second-order valence-corrected chi connectivity index (χ2v) is 16.3. The number of nitrogens with zero attached hydrogens (tertiary/aromatic N) is 2. The van der Waals surface area contributed by atoms with Crippen LogP contribution in [0.1, 0.15) is 46.6 Å². The number of hydrogen-bond acceptors (Lipinski definition) is 9. The minimum atomic E-state index is -0.986. The molecule has 5 aromatic carbocycles. The molecule has 12 heteroatoms. The van der Waals surface area contributed by atoms with Crippen molar-refractivity contribution in [1.29, 1.82) is 0 Å². The van der Waals surface area contributed by atoms with Crippen LogP contribution in [0.5, 0.6) is 28.7 Å². The Morgan fingerprint density at radius 1 is 0.578 bits per heavy atom. The van der Waals surface area contributed by atoms with Gasteiger partial charge < -0.3 is 24.1 Å². The molecule has 324 valence electrons. The standard InChI is InChI=1S/C52H45FN2O9/c1-61-35-20-24-43(63-3)31(26-35)14-8-29-10-16-33(17-11-29)54-49(57)39-23-22-37-40(46(39)51(54)59)28-41-47(45(37)38-6-5-7-42(53)48(38)56)52(60)55(50(41)58)34-18-12-30(13-19-34)9-15-32-27-36(62-2)21-25-44(32)64-4/h5-22,24-27,39-41,45-47,56H,23,28H2,1-4H3. The maximum Gasteiger partial charge on any atom is 0.238 e. The highest BCUT2D eigenvalue weighted by atomic mass is 19.1. The number of carbonyl (C=O) groups is 4. The van der Waals surface area contributed by atoms with Gasteiger partial charge in [0.05, 0.1) is 63.5 Å². The van der Waals surface area contributed by atoms with Crippen molar-refractivity contribution in [2.75, 3.05) is 38.2 Å². The Bertz CT molecular complexity index is 2780. The molecule has 3 fully saturated rings. The normalized spacial score (nSPS) is 22.7. The second-order valence-electron chi connectivity index (χ2n) is 16.3. The van der Waals surface area contributed by atoms with Crippen LogP contribution >= 0.6 is 0 Å². The Balaban J connectivity index is 1.00. The fourth-order valence-corrected chi connectivity index (χ4v) is 10.0. The molecule has 1 saturated carbocycles. The number of ether oxygens (including phenoxy) is 4. The summed E-state index contributed by atoms with van der Waals surface area (Å²) in [6.07, 6.45) is 9.72. The number of imide groups is 2. The minimum absolute atomic E-state index is 0.124. The molecule has 1 N–H and O–H groups in total. The van der Waals surface area contributed by atoms with E-state index in [1.807, 2.05) is 72.8 Å². The predicted molar refractivity (Wildman–Crippen MR) is 240 cm³/mol. The number of phenols is 1. The Hall–Kier alpha value is -7.47. The average Bonchev–Trinajstić information content (AvgIpc) is 3.73. The number of halogens is 1.